The molecule has 1 fully saturated rings. The van der Waals surface area contributed by atoms with Crippen LogP contribution in [-0.2, 0) is 11.3 Å². The molecule has 2 aromatic rings. The number of methoxy groups -OCH3 is 2. The molecule has 1 saturated heterocycles. The van der Waals surface area contributed by atoms with Crippen molar-refractivity contribution >= 4 is 56.5 Å². The predicted molar refractivity (Wildman–Crippen MR) is 113 cm³/mol. The number of imide groups is 1. The highest BCUT2D eigenvalue weighted by molar-refractivity contribution is 14.1. The number of carbonyl (C=O) groups is 2. The average Bonchev–Trinajstić information content (AvgIpc) is 2.90. The Morgan fingerprint density at radius 1 is 1.15 bits per heavy atom. The molecule has 0 spiro atoms. The number of amides is 3. The van der Waals surface area contributed by atoms with Crippen molar-refractivity contribution in [3.63, 3.8) is 0 Å². The van der Waals surface area contributed by atoms with Gasteiger partial charge in [0.1, 0.15) is 5.70 Å². The van der Waals surface area contributed by atoms with Gasteiger partial charge in [-0.3, -0.25) is 9.69 Å². The molecule has 3 rings (SSSR count). The zero-order valence-electron chi connectivity index (χ0n) is 14.6. The van der Waals surface area contributed by atoms with Gasteiger partial charge in [-0.15, -0.1) is 0 Å². The van der Waals surface area contributed by atoms with Crippen LogP contribution in [0.2, 0.25) is 0 Å². The number of hydrogen-bond donors (Lipinski definition) is 1. The number of nitrogens with zero attached hydrogens (tertiary/aromatic N) is 1. The third kappa shape index (κ3) is 4.27. The van der Waals surface area contributed by atoms with E-state index in [4.69, 9.17) is 9.47 Å². The second-order valence-electron chi connectivity index (χ2n) is 5.74. The first kappa shape index (κ1) is 19.7. The number of nitrogens with one attached hydrogen (secondary N) is 1. The monoisotopic (exact) mass is 542 g/mol. The molecule has 1 aliphatic heterocycles. The summed E-state index contributed by atoms with van der Waals surface area (Å²) in [5, 5.41) is 2.63. The van der Waals surface area contributed by atoms with Crippen molar-refractivity contribution in [3.8, 4) is 11.5 Å². The molecule has 0 bridgehead atoms. The van der Waals surface area contributed by atoms with Gasteiger partial charge in [-0.05, 0) is 64.1 Å². The van der Waals surface area contributed by atoms with E-state index in [0.29, 0.717) is 11.5 Å². The smallest absolute Gasteiger partial charge is 0.329 e. The Morgan fingerprint density at radius 3 is 2.48 bits per heavy atom. The van der Waals surface area contributed by atoms with Crippen LogP contribution in [-0.4, -0.2) is 31.1 Å². The highest BCUT2D eigenvalue weighted by Gasteiger charge is 2.33. The molecule has 1 N–H and O–H groups in total. The van der Waals surface area contributed by atoms with E-state index in [1.165, 1.54) is 4.90 Å². The SMILES string of the molecule is COc1cc(/C=C2/NC(=O)N(Cc3ccc(Br)cc3)C2=O)cc(I)c1OC. The topological polar surface area (TPSA) is 67.9 Å². The summed E-state index contributed by atoms with van der Waals surface area (Å²) in [5.74, 6) is 0.811. The van der Waals surface area contributed by atoms with Crippen molar-refractivity contribution in [2.24, 2.45) is 0 Å². The molecular weight excluding hydrogens is 527 g/mol. The molecule has 1 heterocycles. The minimum Gasteiger partial charge on any atom is -0.493 e. The fourth-order valence-corrected chi connectivity index (χ4v) is 3.79. The third-order valence-electron chi connectivity index (χ3n) is 3.98. The quantitative estimate of drug-likeness (QED) is 0.350. The van der Waals surface area contributed by atoms with Gasteiger partial charge in [0.05, 0.1) is 24.3 Å². The van der Waals surface area contributed by atoms with Crippen molar-refractivity contribution in [1.82, 2.24) is 10.2 Å². The van der Waals surface area contributed by atoms with E-state index < -0.39 is 6.03 Å². The van der Waals surface area contributed by atoms with Crippen LogP contribution in [0.1, 0.15) is 11.1 Å². The van der Waals surface area contributed by atoms with E-state index in [0.717, 1.165) is 19.2 Å². The van der Waals surface area contributed by atoms with Crippen LogP contribution < -0.4 is 14.8 Å². The largest absolute Gasteiger partial charge is 0.493 e. The summed E-state index contributed by atoms with van der Waals surface area (Å²) in [4.78, 5) is 26.1. The number of carbonyl (C=O) groups excluding carboxylic acids is 2. The maximum absolute atomic E-state index is 12.7. The second kappa shape index (κ2) is 8.30. The fraction of sp³-hybridized carbons (Fsp3) is 0.158. The van der Waals surface area contributed by atoms with Gasteiger partial charge < -0.3 is 14.8 Å². The first-order chi connectivity index (χ1) is 12.9. The first-order valence-corrected chi connectivity index (χ1v) is 9.80. The van der Waals surface area contributed by atoms with Gasteiger partial charge in [0.25, 0.3) is 5.91 Å². The van der Waals surface area contributed by atoms with Crippen LogP contribution in [0.5, 0.6) is 11.5 Å². The van der Waals surface area contributed by atoms with E-state index in [2.05, 4.69) is 43.8 Å². The van der Waals surface area contributed by atoms with Crippen LogP contribution in [0.15, 0.2) is 46.6 Å². The lowest BCUT2D eigenvalue weighted by atomic mass is 10.1. The number of rotatable bonds is 5. The fourth-order valence-electron chi connectivity index (χ4n) is 2.68. The number of ether oxygens (including phenoxy) is 2. The summed E-state index contributed by atoms with van der Waals surface area (Å²) in [6.45, 7) is 0.207. The van der Waals surface area contributed by atoms with Crippen LogP contribution in [0, 0.1) is 3.57 Å². The summed E-state index contributed by atoms with van der Waals surface area (Å²) in [7, 11) is 3.12. The lowest BCUT2D eigenvalue weighted by Crippen LogP contribution is -2.30. The molecule has 0 aromatic heterocycles. The summed E-state index contributed by atoms with van der Waals surface area (Å²) in [6, 6.07) is 10.6. The minimum atomic E-state index is -0.440. The zero-order chi connectivity index (χ0) is 19.6. The Kier molecular flexibility index (Phi) is 6.05. The average molecular weight is 543 g/mol. The maximum atomic E-state index is 12.7. The molecule has 1 aliphatic rings. The van der Waals surface area contributed by atoms with Crippen LogP contribution in [0.25, 0.3) is 6.08 Å². The molecule has 0 radical (unpaired) electrons. The van der Waals surface area contributed by atoms with E-state index in [9.17, 15) is 9.59 Å². The molecule has 140 valence electrons. The van der Waals surface area contributed by atoms with Crippen molar-refractivity contribution in [2.75, 3.05) is 14.2 Å². The minimum absolute atomic E-state index is 0.207. The van der Waals surface area contributed by atoms with Gasteiger partial charge in [0, 0.05) is 4.47 Å². The van der Waals surface area contributed by atoms with E-state index in [1.807, 2.05) is 30.3 Å². The molecule has 8 heteroatoms. The molecular formula is C19H16BrIN2O4. The summed E-state index contributed by atoms with van der Waals surface area (Å²) in [6.07, 6.45) is 1.63. The van der Waals surface area contributed by atoms with Crippen molar-refractivity contribution in [2.45, 2.75) is 6.54 Å². The maximum Gasteiger partial charge on any atom is 0.329 e. The van der Waals surface area contributed by atoms with Gasteiger partial charge in [-0.2, -0.15) is 0 Å². The number of urea groups is 1. The normalized spacial score (nSPS) is 15.3. The molecule has 27 heavy (non-hydrogen) atoms. The number of benzene rings is 2. The number of hydrogen-bond acceptors (Lipinski definition) is 4. The zero-order valence-corrected chi connectivity index (χ0v) is 18.3. The van der Waals surface area contributed by atoms with Crippen molar-refractivity contribution < 1.29 is 19.1 Å². The van der Waals surface area contributed by atoms with E-state index in [1.54, 1.807) is 26.4 Å². The van der Waals surface area contributed by atoms with Gasteiger partial charge in [0.2, 0.25) is 0 Å². The first-order valence-electron chi connectivity index (χ1n) is 7.93. The Morgan fingerprint density at radius 2 is 1.85 bits per heavy atom. The molecule has 2 aromatic carbocycles. The third-order valence-corrected chi connectivity index (χ3v) is 5.31. The standard InChI is InChI=1S/C19H16BrIN2O4/c1-26-16-9-12(7-14(21)17(16)27-2)8-15-18(24)23(19(25)22-15)10-11-3-5-13(20)6-4-11/h3-9H,10H2,1-2H3,(H,22,25)/b15-8+. The molecule has 0 unspecified atom stereocenters. The highest BCUT2D eigenvalue weighted by atomic mass is 127. The number of halogens is 2. The molecule has 6 nitrogen and oxygen atoms in total. The lowest BCUT2D eigenvalue weighted by molar-refractivity contribution is -0.123. The Hall–Kier alpha value is -2.07. The van der Waals surface area contributed by atoms with E-state index in [-0.39, 0.29) is 18.1 Å². The summed E-state index contributed by atoms with van der Waals surface area (Å²) < 4.78 is 12.4. The molecule has 0 aliphatic carbocycles. The molecule has 3 amide bonds. The molecule has 0 saturated carbocycles. The van der Waals surface area contributed by atoms with Crippen LogP contribution in [0.4, 0.5) is 4.79 Å². The van der Waals surface area contributed by atoms with Crippen LogP contribution >= 0.6 is 38.5 Å². The van der Waals surface area contributed by atoms with Crippen molar-refractivity contribution in [3.05, 3.63) is 61.3 Å². The molecule has 0 atom stereocenters. The Balaban J connectivity index is 1.86. The lowest BCUT2D eigenvalue weighted by Gasteiger charge is -2.12. The van der Waals surface area contributed by atoms with Crippen molar-refractivity contribution in [1.29, 1.82) is 0 Å². The van der Waals surface area contributed by atoms with Gasteiger partial charge in [-0.25, -0.2) is 4.79 Å². The van der Waals surface area contributed by atoms with E-state index >= 15 is 0 Å². The van der Waals surface area contributed by atoms with Gasteiger partial charge in [0.15, 0.2) is 11.5 Å². The predicted octanol–water partition coefficient (Wildman–Crippen LogP) is 4.16. The van der Waals surface area contributed by atoms with Gasteiger partial charge >= 0.3 is 6.03 Å². The highest BCUT2D eigenvalue weighted by Crippen LogP contribution is 2.34. The second-order valence-corrected chi connectivity index (χ2v) is 7.82. The Bertz CT molecular complexity index is 928. The summed E-state index contributed by atoms with van der Waals surface area (Å²) >= 11 is 5.50. The van der Waals surface area contributed by atoms with Gasteiger partial charge in [-0.1, -0.05) is 28.1 Å². The summed E-state index contributed by atoms with van der Waals surface area (Å²) in [5.41, 5.74) is 1.81. The Labute approximate surface area is 178 Å². The van der Waals surface area contributed by atoms with Crippen LogP contribution in [0.3, 0.4) is 0 Å².